The van der Waals surface area contributed by atoms with Crippen molar-refractivity contribution in [2.75, 3.05) is 31.1 Å². The monoisotopic (exact) mass is 388 g/mol. The summed E-state index contributed by atoms with van der Waals surface area (Å²) in [6, 6.07) is 13.7. The Balaban J connectivity index is 1.24. The van der Waals surface area contributed by atoms with Crippen molar-refractivity contribution in [3.05, 3.63) is 60.2 Å². The maximum Gasteiger partial charge on any atom is 0.270 e. The SMILES string of the molecule is Cc1nc(-c2ccc(N3CCN(C(=O)c4cc5ccccc5[nH]4)CC3)nc2)no1. The van der Waals surface area contributed by atoms with Gasteiger partial charge in [-0.05, 0) is 24.3 Å². The van der Waals surface area contributed by atoms with Crippen LogP contribution in [0.15, 0.2) is 53.2 Å². The van der Waals surface area contributed by atoms with E-state index in [2.05, 4.69) is 25.0 Å². The number of hydrogen-bond donors (Lipinski definition) is 1. The summed E-state index contributed by atoms with van der Waals surface area (Å²) >= 11 is 0. The molecule has 0 saturated carbocycles. The largest absolute Gasteiger partial charge is 0.353 e. The third-order valence-corrected chi connectivity index (χ3v) is 5.18. The fraction of sp³-hybridized carbons (Fsp3) is 0.238. The zero-order valence-electron chi connectivity index (χ0n) is 16.0. The number of nitrogens with one attached hydrogen (secondary N) is 1. The number of anilines is 1. The van der Waals surface area contributed by atoms with Crippen LogP contribution in [0.4, 0.5) is 5.82 Å². The number of H-pyrrole nitrogens is 1. The Morgan fingerprint density at radius 1 is 1.10 bits per heavy atom. The highest BCUT2D eigenvalue weighted by Crippen LogP contribution is 2.21. The third-order valence-electron chi connectivity index (χ3n) is 5.18. The van der Waals surface area contributed by atoms with E-state index in [4.69, 9.17) is 4.52 Å². The molecule has 0 aliphatic carbocycles. The molecule has 146 valence electrons. The Kier molecular flexibility index (Phi) is 4.23. The van der Waals surface area contributed by atoms with Gasteiger partial charge in [-0.2, -0.15) is 4.98 Å². The van der Waals surface area contributed by atoms with Crippen molar-refractivity contribution in [2.24, 2.45) is 0 Å². The average molecular weight is 388 g/mol. The van der Waals surface area contributed by atoms with Crippen LogP contribution in [0.2, 0.25) is 0 Å². The van der Waals surface area contributed by atoms with Crippen LogP contribution in [-0.2, 0) is 0 Å². The van der Waals surface area contributed by atoms with Crippen molar-refractivity contribution in [3.63, 3.8) is 0 Å². The van der Waals surface area contributed by atoms with E-state index >= 15 is 0 Å². The molecule has 0 radical (unpaired) electrons. The summed E-state index contributed by atoms with van der Waals surface area (Å²) in [5.74, 6) is 1.98. The summed E-state index contributed by atoms with van der Waals surface area (Å²) in [5.41, 5.74) is 2.44. The maximum atomic E-state index is 12.9. The van der Waals surface area contributed by atoms with Gasteiger partial charge < -0.3 is 19.3 Å². The predicted octanol–water partition coefficient (Wildman–Crippen LogP) is 2.88. The van der Waals surface area contributed by atoms with Crippen molar-refractivity contribution < 1.29 is 9.32 Å². The molecule has 29 heavy (non-hydrogen) atoms. The van der Waals surface area contributed by atoms with Crippen LogP contribution in [0.25, 0.3) is 22.3 Å². The number of aromatic nitrogens is 4. The smallest absolute Gasteiger partial charge is 0.270 e. The third kappa shape index (κ3) is 3.33. The minimum atomic E-state index is 0.0385. The minimum absolute atomic E-state index is 0.0385. The van der Waals surface area contributed by atoms with Crippen molar-refractivity contribution in [1.82, 2.24) is 25.0 Å². The van der Waals surface area contributed by atoms with Gasteiger partial charge in [0.1, 0.15) is 11.5 Å². The molecule has 5 rings (SSSR count). The normalized spacial score (nSPS) is 14.5. The Labute approximate surface area is 167 Å². The van der Waals surface area contributed by atoms with Crippen molar-refractivity contribution in [2.45, 2.75) is 6.92 Å². The van der Waals surface area contributed by atoms with Crippen molar-refractivity contribution in [3.8, 4) is 11.4 Å². The number of fused-ring (bicyclic) bond motifs is 1. The lowest BCUT2D eigenvalue weighted by Crippen LogP contribution is -2.49. The van der Waals surface area contributed by atoms with Gasteiger partial charge in [-0.1, -0.05) is 23.4 Å². The molecule has 3 aromatic heterocycles. The topological polar surface area (TPSA) is 91.2 Å². The molecular weight excluding hydrogens is 368 g/mol. The molecule has 4 aromatic rings. The number of hydrogen-bond acceptors (Lipinski definition) is 6. The lowest BCUT2D eigenvalue weighted by atomic mass is 10.2. The fourth-order valence-corrected chi connectivity index (χ4v) is 3.62. The van der Waals surface area contributed by atoms with Crippen LogP contribution >= 0.6 is 0 Å². The van der Waals surface area contributed by atoms with E-state index in [1.54, 1.807) is 13.1 Å². The molecule has 0 unspecified atom stereocenters. The van der Waals surface area contributed by atoms with E-state index < -0.39 is 0 Å². The number of pyridine rings is 1. The maximum absolute atomic E-state index is 12.9. The van der Waals surface area contributed by atoms with Crippen LogP contribution < -0.4 is 4.90 Å². The summed E-state index contributed by atoms with van der Waals surface area (Å²) in [7, 11) is 0. The first-order valence-electron chi connectivity index (χ1n) is 9.56. The van der Waals surface area contributed by atoms with E-state index in [1.807, 2.05) is 47.4 Å². The van der Waals surface area contributed by atoms with Gasteiger partial charge in [-0.25, -0.2) is 4.98 Å². The molecule has 0 bridgehead atoms. The van der Waals surface area contributed by atoms with Crippen LogP contribution in [0.5, 0.6) is 0 Å². The number of nitrogens with zero attached hydrogens (tertiary/aromatic N) is 5. The molecular formula is C21H20N6O2. The molecule has 1 N–H and O–H groups in total. The van der Waals surface area contributed by atoms with Gasteiger partial charge in [0.25, 0.3) is 5.91 Å². The molecule has 1 aliphatic rings. The van der Waals surface area contributed by atoms with Gasteiger partial charge in [-0.15, -0.1) is 0 Å². The molecule has 0 atom stereocenters. The molecule has 1 saturated heterocycles. The molecule has 1 aliphatic heterocycles. The Morgan fingerprint density at radius 3 is 2.62 bits per heavy atom. The van der Waals surface area contributed by atoms with E-state index in [0.29, 0.717) is 30.5 Å². The van der Waals surface area contributed by atoms with E-state index in [1.165, 1.54) is 0 Å². The van der Waals surface area contributed by atoms with Crippen molar-refractivity contribution in [1.29, 1.82) is 0 Å². The van der Waals surface area contributed by atoms with E-state index in [-0.39, 0.29) is 5.91 Å². The summed E-state index contributed by atoms with van der Waals surface area (Å²) in [6.07, 6.45) is 1.75. The Hall–Kier alpha value is -3.68. The number of benzene rings is 1. The van der Waals surface area contributed by atoms with Crippen LogP contribution in [-0.4, -0.2) is 57.1 Å². The number of aromatic amines is 1. The highest BCUT2D eigenvalue weighted by molar-refractivity contribution is 5.98. The van der Waals surface area contributed by atoms with Crippen LogP contribution in [0.1, 0.15) is 16.4 Å². The zero-order valence-corrected chi connectivity index (χ0v) is 16.0. The van der Waals surface area contributed by atoms with Gasteiger partial charge in [-0.3, -0.25) is 4.79 Å². The van der Waals surface area contributed by atoms with Gasteiger partial charge in [0, 0.05) is 55.8 Å². The van der Waals surface area contributed by atoms with Gasteiger partial charge in [0.05, 0.1) is 0 Å². The second-order valence-corrected chi connectivity index (χ2v) is 7.09. The fourth-order valence-electron chi connectivity index (χ4n) is 3.62. The summed E-state index contributed by atoms with van der Waals surface area (Å²) in [5, 5.41) is 4.97. The first-order valence-corrected chi connectivity index (χ1v) is 9.56. The standard InChI is InChI=1S/C21H20N6O2/c1-14-23-20(25-29-14)16-6-7-19(22-13-16)26-8-10-27(11-9-26)21(28)18-12-15-4-2-3-5-17(15)24-18/h2-7,12-13,24H,8-11H2,1H3. The number of amides is 1. The van der Waals surface area contributed by atoms with E-state index in [9.17, 15) is 4.79 Å². The lowest BCUT2D eigenvalue weighted by Gasteiger charge is -2.35. The molecule has 0 spiro atoms. The second kappa shape index (κ2) is 7.05. The number of carbonyl (C=O) groups excluding carboxylic acids is 1. The summed E-state index contributed by atoms with van der Waals surface area (Å²) < 4.78 is 5.02. The highest BCUT2D eigenvalue weighted by Gasteiger charge is 2.24. The second-order valence-electron chi connectivity index (χ2n) is 7.09. The first-order chi connectivity index (χ1) is 14.2. The van der Waals surface area contributed by atoms with Gasteiger partial charge in [0.15, 0.2) is 0 Å². The number of aryl methyl sites for hydroxylation is 1. The Bertz CT molecular complexity index is 1120. The number of para-hydroxylation sites is 1. The lowest BCUT2D eigenvalue weighted by molar-refractivity contribution is 0.0741. The molecule has 4 heterocycles. The predicted molar refractivity (Wildman–Crippen MR) is 109 cm³/mol. The Morgan fingerprint density at radius 2 is 1.93 bits per heavy atom. The van der Waals surface area contributed by atoms with Gasteiger partial charge >= 0.3 is 0 Å². The van der Waals surface area contributed by atoms with Gasteiger partial charge in [0.2, 0.25) is 11.7 Å². The first kappa shape index (κ1) is 17.4. The number of carbonyl (C=O) groups is 1. The zero-order chi connectivity index (χ0) is 19.8. The minimum Gasteiger partial charge on any atom is -0.353 e. The summed E-state index contributed by atoms with van der Waals surface area (Å²) in [4.78, 5) is 28.9. The average Bonchev–Trinajstić information content (AvgIpc) is 3.40. The molecule has 1 aromatic carbocycles. The molecule has 1 fully saturated rings. The molecule has 8 heteroatoms. The number of piperazine rings is 1. The van der Waals surface area contributed by atoms with Crippen LogP contribution in [0, 0.1) is 6.92 Å². The van der Waals surface area contributed by atoms with E-state index in [0.717, 1.165) is 35.4 Å². The summed E-state index contributed by atoms with van der Waals surface area (Å²) in [6.45, 7) is 4.54. The molecule has 1 amide bonds. The highest BCUT2D eigenvalue weighted by atomic mass is 16.5. The quantitative estimate of drug-likeness (QED) is 0.580. The number of rotatable bonds is 3. The van der Waals surface area contributed by atoms with Crippen LogP contribution in [0.3, 0.4) is 0 Å². The van der Waals surface area contributed by atoms with Crippen molar-refractivity contribution >= 4 is 22.6 Å². The molecule has 8 nitrogen and oxygen atoms in total.